The highest BCUT2D eigenvalue weighted by Crippen LogP contribution is 2.19. The number of carbonyl (C=O) groups is 1. The number of carbonyl (C=O) groups excluding carboxylic acids is 1. The van der Waals surface area contributed by atoms with Gasteiger partial charge in [-0.05, 0) is 19.8 Å². The van der Waals surface area contributed by atoms with Crippen LogP contribution >= 0.6 is 12.4 Å². The molecule has 0 rings (SSSR count). The summed E-state index contributed by atoms with van der Waals surface area (Å²) in [6, 6.07) is 0. The number of hydrogen-bond acceptors (Lipinski definition) is 3. The van der Waals surface area contributed by atoms with Crippen LogP contribution in [0.4, 0.5) is 0 Å². The molecule has 0 radical (unpaired) electrons. The molecule has 0 aromatic heterocycles. The van der Waals surface area contributed by atoms with E-state index in [9.17, 15) is 9.90 Å². The third-order valence-electron chi connectivity index (χ3n) is 4.49. The van der Waals surface area contributed by atoms with Crippen molar-refractivity contribution in [3.05, 3.63) is 0 Å². The van der Waals surface area contributed by atoms with E-state index in [2.05, 4.69) is 19.6 Å². The lowest BCUT2D eigenvalue weighted by Crippen LogP contribution is -2.22. The minimum absolute atomic E-state index is 0. The molecule has 0 bridgehead atoms. The quantitative estimate of drug-likeness (QED) is 0.344. The van der Waals surface area contributed by atoms with E-state index in [4.69, 9.17) is 5.11 Å². The van der Waals surface area contributed by atoms with Crippen molar-refractivity contribution in [2.45, 2.75) is 116 Å². The monoisotopic (exact) mass is 381 g/mol. The first-order chi connectivity index (χ1) is 11.4. The summed E-state index contributed by atoms with van der Waals surface area (Å²) in [5.41, 5.74) is 3.98. The second-order valence-corrected chi connectivity index (χ2v) is 7.11. The highest BCUT2D eigenvalue weighted by atomic mass is 35.5. The van der Waals surface area contributed by atoms with Gasteiger partial charge in [0.25, 0.3) is 0 Å². The van der Waals surface area contributed by atoms with E-state index < -0.39 is 18.1 Å². The van der Waals surface area contributed by atoms with Crippen LogP contribution in [0.1, 0.15) is 111 Å². The van der Waals surface area contributed by atoms with Gasteiger partial charge in [0.2, 0.25) is 5.91 Å². The molecule has 0 aliphatic carbocycles. The molecular formula is C20H44ClNO3. The predicted octanol–water partition coefficient (Wildman–Crippen LogP) is 5.12. The van der Waals surface area contributed by atoms with Crippen LogP contribution in [-0.4, -0.2) is 28.3 Å². The Bertz CT molecular complexity index is 274. The van der Waals surface area contributed by atoms with E-state index in [-0.39, 0.29) is 12.4 Å². The summed E-state index contributed by atoms with van der Waals surface area (Å²) < 4.78 is 0. The molecular weight excluding hydrogens is 338 g/mol. The van der Waals surface area contributed by atoms with Gasteiger partial charge >= 0.3 is 0 Å². The fraction of sp³-hybridized carbons (Fsp3) is 0.950. The standard InChI is InChI=1S/C18H38O.C2H5NO2.ClH/c1-4-6-7-8-9-10-11-12-13-14-15-16-17-18(3,19)5-2;3-2(5)1-4;/h19H,4-17H2,1-3H3;4H,1H2,(H2,3,5);1H. The Labute approximate surface area is 162 Å². The Morgan fingerprint density at radius 2 is 1.16 bits per heavy atom. The second kappa shape index (κ2) is 21.7. The number of nitrogens with two attached hydrogens (primary N) is 1. The van der Waals surface area contributed by atoms with E-state index in [0.29, 0.717) is 0 Å². The fourth-order valence-electron chi connectivity index (χ4n) is 2.52. The topological polar surface area (TPSA) is 83.5 Å². The number of rotatable bonds is 15. The number of unbranched alkanes of at least 4 members (excludes halogenated alkanes) is 11. The number of aliphatic hydroxyl groups excluding tert-OH is 1. The maximum absolute atomic E-state index is 9.88. The third-order valence-corrected chi connectivity index (χ3v) is 4.49. The molecule has 4 nitrogen and oxygen atoms in total. The van der Waals surface area contributed by atoms with E-state index in [1.807, 2.05) is 6.92 Å². The summed E-state index contributed by atoms with van der Waals surface area (Å²) in [6.45, 7) is 5.76. The zero-order valence-electron chi connectivity index (χ0n) is 16.9. The fourth-order valence-corrected chi connectivity index (χ4v) is 2.52. The van der Waals surface area contributed by atoms with Crippen LogP contribution < -0.4 is 5.73 Å². The minimum atomic E-state index is -0.690. The van der Waals surface area contributed by atoms with E-state index in [0.717, 1.165) is 12.8 Å². The number of halogens is 1. The summed E-state index contributed by atoms with van der Waals surface area (Å²) in [5, 5.41) is 17.6. The van der Waals surface area contributed by atoms with Crippen molar-refractivity contribution >= 4 is 18.3 Å². The molecule has 5 heteroatoms. The van der Waals surface area contributed by atoms with Gasteiger partial charge in [0, 0.05) is 0 Å². The predicted molar refractivity (Wildman–Crippen MR) is 110 cm³/mol. The van der Waals surface area contributed by atoms with Gasteiger partial charge < -0.3 is 15.9 Å². The van der Waals surface area contributed by atoms with Gasteiger partial charge in [-0.15, -0.1) is 12.4 Å². The third kappa shape index (κ3) is 28.7. The first-order valence-electron chi connectivity index (χ1n) is 10.0. The molecule has 0 saturated heterocycles. The lowest BCUT2D eigenvalue weighted by atomic mass is 9.95. The van der Waals surface area contributed by atoms with Crippen LogP contribution in [0.25, 0.3) is 0 Å². The second-order valence-electron chi connectivity index (χ2n) is 7.11. The summed E-state index contributed by atoms with van der Waals surface area (Å²) >= 11 is 0. The Kier molecular flexibility index (Phi) is 25.6. The number of amides is 1. The maximum atomic E-state index is 9.88. The number of hydrogen-bond donors (Lipinski definition) is 3. The molecule has 0 heterocycles. The highest BCUT2D eigenvalue weighted by molar-refractivity contribution is 5.85. The SMILES string of the molecule is CCCCCCCCCCCCCCC(C)(O)CC.Cl.NC(=O)CO. The van der Waals surface area contributed by atoms with Gasteiger partial charge in [-0.2, -0.15) is 0 Å². The minimum Gasteiger partial charge on any atom is -0.390 e. The Hall–Kier alpha value is -0.320. The van der Waals surface area contributed by atoms with Gasteiger partial charge in [-0.3, -0.25) is 4.79 Å². The summed E-state index contributed by atoms with van der Waals surface area (Å²) in [4.78, 5) is 9.34. The summed E-state index contributed by atoms with van der Waals surface area (Å²) in [5.74, 6) is -0.690. The average Bonchev–Trinajstić information content (AvgIpc) is 2.56. The van der Waals surface area contributed by atoms with E-state index >= 15 is 0 Å². The Balaban J connectivity index is -0.000000704. The van der Waals surface area contributed by atoms with Crippen LogP contribution in [0.5, 0.6) is 0 Å². The molecule has 4 N–H and O–H groups in total. The summed E-state index contributed by atoms with van der Waals surface area (Å²) in [7, 11) is 0. The maximum Gasteiger partial charge on any atom is 0.243 e. The van der Waals surface area contributed by atoms with Gasteiger partial charge in [0.05, 0.1) is 5.60 Å². The van der Waals surface area contributed by atoms with Gasteiger partial charge in [-0.25, -0.2) is 0 Å². The first kappa shape index (κ1) is 29.4. The van der Waals surface area contributed by atoms with Crippen molar-refractivity contribution < 1.29 is 15.0 Å². The van der Waals surface area contributed by atoms with Crippen molar-refractivity contribution in [1.82, 2.24) is 0 Å². The van der Waals surface area contributed by atoms with Crippen molar-refractivity contribution in [1.29, 1.82) is 0 Å². The normalized spacial score (nSPS) is 12.5. The molecule has 25 heavy (non-hydrogen) atoms. The molecule has 1 atom stereocenters. The molecule has 0 aliphatic heterocycles. The average molecular weight is 382 g/mol. The summed E-state index contributed by atoms with van der Waals surface area (Å²) in [6.07, 6.45) is 18.5. The molecule has 154 valence electrons. The molecule has 1 amide bonds. The molecule has 0 aliphatic rings. The van der Waals surface area contributed by atoms with Crippen LogP contribution in [0.3, 0.4) is 0 Å². The van der Waals surface area contributed by atoms with Crippen LogP contribution in [0, 0.1) is 0 Å². The van der Waals surface area contributed by atoms with Crippen molar-refractivity contribution in [3.8, 4) is 0 Å². The van der Waals surface area contributed by atoms with Crippen LogP contribution in [0.15, 0.2) is 0 Å². The van der Waals surface area contributed by atoms with Crippen molar-refractivity contribution in [2.75, 3.05) is 6.61 Å². The molecule has 0 fully saturated rings. The van der Waals surface area contributed by atoms with Gasteiger partial charge in [0.15, 0.2) is 0 Å². The molecule has 0 saturated carbocycles. The molecule has 1 unspecified atom stereocenters. The van der Waals surface area contributed by atoms with Crippen molar-refractivity contribution in [2.24, 2.45) is 5.73 Å². The lowest BCUT2D eigenvalue weighted by molar-refractivity contribution is -0.120. The van der Waals surface area contributed by atoms with Gasteiger partial charge in [-0.1, -0.05) is 90.9 Å². The molecule has 0 spiro atoms. The van der Waals surface area contributed by atoms with E-state index in [1.54, 1.807) is 0 Å². The molecule has 0 aromatic rings. The van der Waals surface area contributed by atoms with Crippen molar-refractivity contribution in [3.63, 3.8) is 0 Å². The Morgan fingerprint density at radius 3 is 1.44 bits per heavy atom. The highest BCUT2D eigenvalue weighted by Gasteiger charge is 2.15. The molecule has 0 aromatic carbocycles. The Morgan fingerprint density at radius 1 is 0.840 bits per heavy atom. The lowest BCUT2D eigenvalue weighted by Gasteiger charge is -2.20. The zero-order valence-corrected chi connectivity index (χ0v) is 17.7. The van der Waals surface area contributed by atoms with Crippen LogP contribution in [0.2, 0.25) is 0 Å². The first-order valence-corrected chi connectivity index (χ1v) is 10.0. The largest absolute Gasteiger partial charge is 0.390 e. The smallest absolute Gasteiger partial charge is 0.243 e. The number of aliphatic hydroxyl groups is 2. The van der Waals surface area contributed by atoms with E-state index in [1.165, 1.54) is 77.0 Å². The van der Waals surface area contributed by atoms with Crippen LogP contribution in [-0.2, 0) is 4.79 Å². The van der Waals surface area contributed by atoms with Gasteiger partial charge in [0.1, 0.15) is 6.61 Å². The zero-order chi connectivity index (χ0) is 18.7. The number of primary amides is 1.